The van der Waals surface area contributed by atoms with Crippen LogP contribution in [0.15, 0.2) is 68.2 Å². The van der Waals surface area contributed by atoms with Crippen molar-refractivity contribution < 1.29 is 9.53 Å². The standard InChI is InChI=1S/C21H10Br2O2S2/c22-19-16-10-17(26-18(16)20(23)27-19)21(24)25-15-6-5-13-7-11-3-1-2-4-12(11)8-14(13)9-15/h1-10H. The van der Waals surface area contributed by atoms with Crippen molar-refractivity contribution in [1.82, 2.24) is 0 Å². The monoisotopic (exact) mass is 516 g/mol. The van der Waals surface area contributed by atoms with Crippen molar-refractivity contribution in [2.45, 2.75) is 0 Å². The smallest absolute Gasteiger partial charge is 0.353 e. The van der Waals surface area contributed by atoms with Crippen molar-refractivity contribution >= 4 is 92.1 Å². The molecule has 5 rings (SSSR count). The van der Waals surface area contributed by atoms with E-state index in [1.165, 1.54) is 22.1 Å². The molecule has 0 saturated heterocycles. The van der Waals surface area contributed by atoms with Crippen LogP contribution in [0.3, 0.4) is 0 Å². The van der Waals surface area contributed by atoms with Crippen LogP contribution in [0.4, 0.5) is 0 Å². The lowest BCUT2D eigenvalue weighted by atomic mass is 10.0. The van der Waals surface area contributed by atoms with Crippen molar-refractivity contribution in [1.29, 1.82) is 0 Å². The van der Waals surface area contributed by atoms with Gasteiger partial charge in [0.05, 0.1) is 12.3 Å². The quantitative estimate of drug-likeness (QED) is 0.134. The maximum absolute atomic E-state index is 12.6. The van der Waals surface area contributed by atoms with E-state index in [0.717, 1.165) is 28.4 Å². The molecule has 2 aromatic heterocycles. The molecule has 0 saturated carbocycles. The first-order chi connectivity index (χ1) is 13.1. The van der Waals surface area contributed by atoms with Crippen LogP contribution in [-0.4, -0.2) is 5.97 Å². The minimum atomic E-state index is -0.333. The molecular weight excluding hydrogens is 508 g/mol. The number of esters is 1. The lowest BCUT2D eigenvalue weighted by Gasteiger charge is -2.06. The fourth-order valence-corrected chi connectivity index (χ4v) is 7.44. The van der Waals surface area contributed by atoms with Gasteiger partial charge in [0.25, 0.3) is 0 Å². The number of carbonyl (C=O) groups excluding carboxylic acids is 1. The average molecular weight is 518 g/mol. The third-order valence-corrected chi connectivity index (χ3v) is 8.49. The van der Waals surface area contributed by atoms with Gasteiger partial charge in [0.1, 0.15) is 10.6 Å². The van der Waals surface area contributed by atoms with Crippen LogP contribution < -0.4 is 4.74 Å². The molecule has 0 amide bonds. The number of thiophene rings is 2. The van der Waals surface area contributed by atoms with Crippen LogP contribution in [0.5, 0.6) is 5.75 Å². The SMILES string of the molecule is O=C(Oc1ccc2cc3ccccc3cc2c1)c1cc2c(Br)sc(Br)c2s1. The van der Waals surface area contributed by atoms with Crippen molar-refractivity contribution in [3.05, 3.63) is 73.1 Å². The van der Waals surface area contributed by atoms with Gasteiger partial charge >= 0.3 is 5.97 Å². The van der Waals surface area contributed by atoms with E-state index in [2.05, 4.69) is 56.1 Å². The van der Waals surface area contributed by atoms with Crippen molar-refractivity contribution in [3.63, 3.8) is 0 Å². The van der Waals surface area contributed by atoms with E-state index in [1.807, 2.05) is 36.4 Å². The number of halogens is 2. The van der Waals surface area contributed by atoms with E-state index >= 15 is 0 Å². The van der Waals surface area contributed by atoms with Gasteiger partial charge in [-0.1, -0.05) is 30.3 Å². The first-order valence-electron chi connectivity index (χ1n) is 8.10. The normalized spacial score (nSPS) is 11.5. The van der Waals surface area contributed by atoms with E-state index in [-0.39, 0.29) is 5.97 Å². The Morgan fingerprint density at radius 3 is 2.22 bits per heavy atom. The molecule has 132 valence electrons. The van der Waals surface area contributed by atoms with Gasteiger partial charge in [-0.2, -0.15) is 0 Å². The van der Waals surface area contributed by atoms with Crippen LogP contribution in [-0.2, 0) is 0 Å². The minimum Gasteiger partial charge on any atom is -0.422 e. The molecule has 0 unspecified atom stereocenters. The molecule has 0 bridgehead atoms. The van der Waals surface area contributed by atoms with Gasteiger partial charge in [0.2, 0.25) is 0 Å². The number of fused-ring (bicyclic) bond motifs is 3. The van der Waals surface area contributed by atoms with Gasteiger partial charge in [-0.25, -0.2) is 4.79 Å². The van der Waals surface area contributed by atoms with E-state index in [0.29, 0.717) is 10.6 Å². The predicted molar refractivity (Wildman–Crippen MR) is 122 cm³/mol. The molecule has 0 aliphatic rings. The lowest BCUT2D eigenvalue weighted by Crippen LogP contribution is -2.06. The molecule has 3 aromatic carbocycles. The Bertz CT molecular complexity index is 1320. The summed E-state index contributed by atoms with van der Waals surface area (Å²) in [6.45, 7) is 0. The van der Waals surface area contributed by atoms with Crippen LogP contribution >= 0.6 is 54.5 Å². The molecule has 6 heteroatoms. The second-order valence-corrected chi connectivity index (χ2v) is 10.8. The third-order valence-electron chi connectivity index (χ3n) is 4.39. The summed E-state index contributed by atoms with van der Waals surface area (Å²) >= 11 is 10.1. The molecule has 0 atom stereocenters. The van der Waals surface area contributed by atoms with Crippen LogP contribution in [0, 0.1) is 0 Å². The average Bonchev–Trinajstić information content (AvgIpc) is 3.22. The Morgan fingerprint density at radius 2 is 1.48 bits per heavy atom. The molecule has 2 nitrogen and oxygen atoms in total. The van der Waals surface area contributed by atoms with Gasteiger partial charge in [-0.15, -0.1) is 22.7 Å². The molecule has 0 aliphatic carbocycles. The molecule has 0 spiro atoms. The van der Waals surface area contributed by atoms with Crippen LogP contribution in [0.25, 0.3) is 31.6 Å². The highest BCUT2D eigenvalue weighted by molar-refractivity contribution is 9.12. The van der Waals surface area contributed by atoms with E-state index in [9.17, 15) is 4.79 Å². The first-order valence-corrected chi connectivity index (χ1v) is 11.3. The molecule has 0 N–H and O–H groups in total. The number of carbonyl (C=O) groups is 1. The number of ether oxygens (including phenoxy) is 1. The maximum Gasteiger partial charge on any atom is 0.353 e. The molecule has 5 aromatic rings. The molecule has 27 heavy (non-hydrogen) atoms. The molecule has 2 heterocycles. The molecule has 0 fully saturated rings. The Kier molecular flexibility index (Phi) is 4.31. The minimum absolute atomic E-state index is 0.333. The Balaban J connectivity index is 1.49. The summed E-state index contributed by atoms with van der Waals surface area (Å²) in [5, 5.41) is 5.58. The van der Waals surface area contributed by atoms with E-state index < -0.39 is 0 Å². The fraction of sp³-hybridized carbons (Fsp3) is 0. The number of rotatable bonds is 2. The molecule has 0 radical (unpaired) electrons. The van der Waals surface area contributed by atoms with Gasteiger partial charge in [0.15, 0.2) is 0 Å². The first kappa shape index (κ1) is 17.4. The summed E-state index contributed by atoms with van der Waals surface area (Å²) in [5.74, 6) is 0.219. The van der Waals surface area contributed by atoms with Crippen molar-refractivity contribution in [3.8, 4) is 5.75 Å². The Labute approximate surface area is 179 Å². The maximum atomic E-state index is 12.6. The van der Waals surface area contributed by atoms with Crippen LogP contribution in [0.2, 0.25) is 0 Å². The number of benzene rings is 3. The highest BCUT2D eigenvalue weighted by Crippen LogP contribution is 2.43. The summed E-state index contributed by atoms with van der Waals surface area (Å²) in [5.41, 5.74) is 0. The van der Waals surface area contributed by atoms with E-state index in [4.69, 9.17) is 4.74 Å². The molecular formula is C21H10Br2O2S2. The zero-order valence-electron chi connectivity index (χ0n) is 13.7. The second kappa shape index (κ2) is 6.71. The number of hydrogen-bond donors (Lipinski definition) is 0. The third kappa shape index (κ3) is 3.10. The summed E-state index contributed by atoms with van der Waals surface area (Å²) in [4.78, 5) is 13.2. The van der Waals surface area contributed by atoms with Gasteiger partial charge < -0.3 is 4.74 Å². The van der Waals surface area contributed by atoms with Gasteiger partial charge in [-0.3, -0.25) is 0 Å². The van der Waals surface area contributed by atoms with Gasteiger partial charge in [0, 0.05) is 5.39 Å². The zero-order valence-corrected chi connectivity index (χ0v) is 18.5. The van der Waals surface area contributed by atoms with E-state index in [1.54, 1.807) is 11.3 Å². The predicted octanol–water partition coefficient (Wildman–Crippen LogP) is 8.01. The van der Waals surface area contributed by atoms with Crippen molar-refractivity contribution in [2.24, 2.45) is 0 Å². The zero-order chi connectivity index (χ0) is 18.5. The van der Waals surface area contributed by atoms with Crippen molar-refractivity contribution in [2.75, 3.05) is 0 Å². The second-order valence-electron chi connectivity index (χ2n) is 6.10. The Morgan fingerprint density at radius 1 is 0.778 bits per heavy atom. The topological polar surface area (TPSA) is 26.3 Å². The number of hydrogen-bond acceptors (Lipinski definition) is 4. The fourth-order valence-electron chi connectivity index (χ4n) is 3.10. The lowest BCUT2D eigenvalue weighted by molar-refractivity contribution is 0.0740. The van der Waals surface area contributed by atoms with Gasteiger partial charge in [-0.05, 0) is 83.7 Å². The summed E-state index contributed by atoms with van der Waals surface area (Å²) in [6.07, 6.45) is 0. The highest BCUT2D eigenvalue weighted by Gasteiger charge is 2.18. The Hall–Kier alpha value is -1.73. The van der Waals surface area contributed by atoms with Crippen LogP contribution in [0.1, 0.15) is 9.67 Å². The molecule has 0 aliphatic heterocycles. The summed E-state index contributed by atoms with van der Waals surface area (Å²) < 4.78 is 8.73. The summed E-state index contributed by atoms with van der Waals surface area (Å²) in [7, 11) is 0. The highest BCUT2D eigenvalue weighted by atomic mass is 79.9. The largest absolute Gasteiger partial charge is 0.422 e. The summed E-state index contributed by atoms with van der Waals surface area (Å²) in [6, 6.07) is 20.1.